The largest absolute Gasteiger partial charge is 0.478 e. The van der Waals surface area contributed by atoms with E-state index in [1.165, 1.54) is 11.0 Å². The Morgan fingerprint density at radius 1 is 1.02 bits per heavy atom. The Bertz CT molecular complexity index is 1330. The van der Waals surface area contributed by atoms with E-state index in [1.54, 1.807) is 24.8 Å². The minimum absolute atomic E-state index is 0.118. The van der Waals surface area contributed by atoms with Crippen molar-refractivity contribution in [1.29, 1.82) is 0 Å². The van der Waals surface area contributed by atoms with Crippen molar-refractivity contribution in [3.8, 4) is 5.75 Å². The minimum Gasteiger partial charge on any atom is -0.478 e. The predicted octanol–water partition coefficient (Wildman–Crippen LogP) is 4.98. The molecule has 3 amide bonds. The SMILES string of the molecule is CC(C)(Oc1cccc(N2CCCC(C(=O)N(Cc3ccc(Br)c(F)c3)C3CC3)C2)c1)C(=O)N1CCN(C(=O)O)CC1. The molecule has 226 valence electrons. The Morgan fingerprint density at radius 3 is 2.40 bits per heavy atom. The van der Waals surface area contributed by atoms with E-state index in [2.05, 4.69) is 20.8 Å². The molecule has 2 aromatic carbocycles. The first-order valence-corrected chi connectivity index (χ1v) is 15.4. The second kappa shape index (κ2) is 12.5. The highest BCUT2D eigenvalue weighted by atomic mass is 79.9. The molecule has 1 unspecified atom stereocenters. The van der Waals surface area contributed by atoms with Crippen LogP contribution in [0.2, 0.25) is 0 Å². The molecular formula is C31H38BrFN4O5. The molecule has 1 N–H and O–H groups in total. The third-order valence-electron chi connectivity index (χ3n) is 8.29. The van der Waals surface area contributed by atoms with Gasteiger partial charge in [0.05, 0.1) is 10.4 Å². The van der Waals surface area contributed by atoms with E-state index in [1.807, 2.05) is 35.2 Å². The summed E-state index contributed by atoms with van der Waals surface area (Å²) >= 11 is 3.20. The summed E-state index contributed by atoms with van der Waals surface area (Å²) in [6, 6.07) is 12.9. The van der Waals surface area contributed by atoms with Crippen molar-refractivity contribution in [3.63, 3.8) is 0 Å². The Hall–Kier alpha value is -3.34. The van der Waals surface area contributed by atoms with Crippen LogP contribution in [-0.4, -0.2) is 88.6 Å². The molecule has 0 radical (unpaired) electrons. The summed E-state index contributed by atoms with van der Waals surface area (Å²) < 4.78 is 20.8. The average molecular weight is 646 g/mol. The number of anilines is 1. The van der Waals surface area contributed by atoms with Crippen molar-refractivity contribution in [2.75, 3.05) is 44.2 Å². The zero-order valence-electron chi connectivity index (χ0n) is 24.1. The number of benzene rings is 2. The first-order valence-electron chi connectivity index (χ1n) is 14.6. The fraction of sp³-hybridized carbons (Fsp3) is 0.516. The molecule has 0 spiro atoms. The van der Waals surface area contributed by atoms with E-state index in [0.717, 1.165) is 43.5 Å². The molecular weight excluding hydrogens is 607 g/mol. The molecule has 2 aliphatic heterocycles. The fourth-order valence-electron chi connectivity index (χ4n) is 5.82. The standard InChI is InChI=1S/C31H38BrFN4O5/c1-31(2,29(39)34-13-15-35(16-14-34)30(40)41)42-25-7-3-6-24(18-25)36-12-4-5-22(20-36)28(38)37(23-9-10-23)19-21-8-11-26(32)27(33)17-21/h3,6-8,11,17-18,22-23H,4-5,9-10,12-16,19-20H2,1-2H3,(H,40,41). The van der Waals surface area contributed by atoms with Crippen LogP contribution in [0, 0.1) is 11.7 Å². The van der Waals surface area contributed by atoms with Gasteiger partial charge in [-0.3, -0.25) is 9.59 Å². The number of nitrogens with zero attached hydrogens (tertiary/aromatic N) is 4. The molecule has 5 rings (SSSR count). The Kier molecular flexibility index (Phi) is 8.96. The molecule has 2 aromatic rings. The van der Waals surface area contributed by atoms with Gasteiger partial charge in [-0.05, 0) is 85.3 Å². The molecule has 9 nitrogen and oxygen atoms in total. The minimum atomic E-state index is -1.14. The summed E-state index contributed by atoms with van der Waals surface area (Å²) in [5, 5.41) is 9.19. The molecule has 1 saturated carbocycles. The first-order chi connectivity index (χ1) is 20.0. The van der Waals surface area contributed by atoms with Gasteiger partial charge in [-0.1, -0.05) is 12.1 Å². The van der Waals surface area contributed by atoms with Crippen molar-refractivity contribution in [2.24, 2.45) is 5.92 Å². The van der Waals surface area contributed by atoms with Gasteiger partial charge in [-0.15, -0.1) is 0 Å². The number of rotatable bonds is 8. The van der Waals surface area contributed by atoms with Crippen LogP contribution < -0.4 is 9.64 Å². The van der Waals surface area contributed by atoms with E-state index in [0.29, 0.717) is 36.4 Å². The van der Waals surface area contributed by atoms with Gasteiger partial charge < -0.3 is 29.4 Å². The quantitative estimate of drug-likeness (QED) is 0.436. The second-order valence-corrected chi connectivity index (χ2v) is 12.8. The monoisotopic (exact) mass is 644 g/mol. The van der Waals surface area contributed by atoms with Crippen molar-refractivity contribution >= 4 is 39.5 Å². The van der Waals surface area contributed by atoms with Gasteiger partial charge >= 0.3 is 6.09 Å². The number of carboxylic acid groups (broad SMARTS) is 1. The predicted molar refractivity (Wildman–Crippen MR) is 160 cm³/mol. The summed E-state index contributed by atoms with van der Waals surface area (Å²) in [5.74, 6) is -0.000573. The number of piperazine rings is 1. The van der Waals surface area contributed by atoms with Crippen LogP contribution in [0.25, 0.3) is 0 Å². The Balaban J connectivity index is 1.22. The number of ether oxygens (including phenoxy) is 1. The molecule has 1 atom stereocenters. The third kappa shape index (κ3) is 6.99. The number of halogens is 2. The summed E-state index contributed by atoms with van der Waals surface area (Å²) in [6.45, 7) is 6.46. The first kappa shape index (κ1) is 30.1. The van der Waals surface area contributed by atoms with Gasteiger partial charge in [-0.25, -0.2) is 9.18 Å². The van der Waals surface area contributed by atoms with Crippen LogP contribution in [0.15, 0.2) is 46.9 Å². The Morgan fingerprint density at radius 2 is 1.74 bits per heavy atom. The number of piperidine rings is 1. The van der Waals surface area contributed by atoms with Gasteiger partial charge in [0, 0.05) is 63.6 Å². The van der Waals surface area contributed by atoms with Crippen LogP contribution in [0.4, 0.5) is 14.9 Å². The lowest BCUT2D eigenvalue weighted by Gasteiger charge is -2.38. The van der Waals surface area contributed by atoms with E-state index in [4.69, 9.17) is 4.74 Å². The normalized spacial score (nSPS) is 19.4. The zero-order chi connectivity index (χ0) is 30.0. The molecule has 1 aliphatic carbocycles. The van der Waals surface area contributed by atoms with Gasteiger partial charge in [-0.2, -0.15) is 0 Å². The van der Waals surface area contributed by atoms with Crippen molar-refractivity contribution in [1.82, 2.24) is 14.7 Å². The summed E-state index contributed by atoms with van der Waals surface area (Å²) in [5.41, 5.74) is 0.576. The molecule has 3 aliphatic rings. The highest BCUT2D eigenvalue weighted by molar-refractivity contribution is 9.10. The number of amides is 3. The number of carbonyl (C=O) groups excluding carboxylic acids is 2. The lowest BCUT2D eigenvalue weighted by Crippen LogP contribution is -2.56. The smallest absolute Gasteiger partial charge is 0.407 e. The van der Waals surface area contributed by atoms with Gasteiger partial charge in [0.15, 0.2) is 5.60 Å². The number of hydrogen-bond donors (Lipinski definition) is 1. The van der Waals surface area contributed by atoms with Gasteiger partial charge in [0.1, 0.15) is 11.6 Å². The van der Waals surface area contributed by atoms with Crippen LogP contribution in [0.3, 0.4) is 0 Å². The highest BCUT2D eigenvalue weighted by Crippen LogP contribution is 2.34. The third-order valence-corrected chi connectivity index (χ3v) is 8.93. The highest BCUT2D eigenvalue weighted by Gasteiger charge is 2.38. The van der Waals surface area contributed by atoms with Crippen LogP contribution in [0.5, 0.6) is 5.75 Å². The van der Waals surface area contributed by atoms with Crippen LogP contribution in [-0.2, 0) is 16.1 Å². The van der Waals surface area contributed by atoms with Crippen LogP contribution >= 0.6 is 15.9 Å². The second-order valence-electron chi connectivity index (χ2n) is 11.9. The van der Waals surface area contributed by atoms with E-state index in [-0.39, 0.29) is 42.7 Å². The summed E-state index contributed by atoms with van der Waals surface area (Å²) in [6.07, 6.45) is 2.66. The molecule has 2 saturated heterocycles. The van der Waals surface area contributed by atoms with Crippen molar-refractivity contribution in [2.45, 2.75) is 57.7 Å². The molecule has 2 heterocycles. The molecule has 0 aromatic heterocycles. The average Bonchev–Trinajstić information content (AvgIpc) is 3.82. The summed E-state index contributed by atoms with van der Waals surface area (Å²) in [7, 11) is 0. The van der Waals surface area contributed by atoms with Crippen molar-refractivity contribution < 1.29 is 28.6 Å². The maximum absolute atomic E-state index is 14.1. The molecule has 0 bridgehead atoms. The lowest BCUT2D eigenvalue weighted by atomic mass is 9.95. The van der Waals surface area contributed by atoms with E-state index in [9.17, 15) is 23.9 Å². The summed E-state index contributed by atoms with van der Waals surface area (Å²) in [4.78, 5) is 45.3. The van der Waals surface area contributed by atoms with Crippen LogP contribution in [0.1, 0.15) is 45.1 Å². The van der Waals surface area contributed by atoms with Crippen molar-refractivity contribution in [3.05, 3.63) is 58.3 Å². The zero-order valence-corrected chi connectivity index (χ0v) is 25.7. The molecule has 3 fully saturated rings. The number of hydrogen-bond acceptors (Lipinski definition) is 5. The lowest BCUT2D eigenvalue weighted by molar-refractivity contribution is -0.147. The molecule has 42 heavy (non-hydrogen) atoms. The Labute approximate surface area is 254 Å². The maximum atomic E-state index is 14.1. The molecule has 11 heteroatoms. The van der Waals surface area contributed by atoms with E-state index < -0.39 is 11.7 Å². The topological polar surface area (TPSA) is 93.6 Å². The van der Waals surface area contributed by atoms with E-state index >= 15 is 0 Å². The fourth-order valence-corrected chi connectivity index (χ4v) is 6.07. The van der Waals surface area contributed by atoms with Gasteiger partial charge in [0.25, 0.3) is 5.91 Å². The van der Waals surface area contributed by atoms with Gasteiger partial charge in [0.2, 0.25) is 5.91 Å². The maximum Gasteiger partial charge on any atom is 0.407 e. The number of carbonyl (C=O) groups is 3.